The summed E-state index contributed by atoms with van der Waals surface area (Å²) in [5, 5.41) is 10.7. The minimum Gasteiger partial charge on any atom is -0.497 e. The van der Waals surface area contributed by atoms with E-state index in [2.05, 4.69) is 20.7 Å². The number of carbonyl (C=O) groups is 2. The highest BCUT2D eigenvalue weighted by Crippen LogP contribution is 2.29. The Bertz CT molecular complexity index is 1690. The van der Waals surface area contributed by atoms with Crippen molar-refractivity contribution < 1.29 is 19.1 Å². The second kappa shape index (κ2) is 10.1. The number of carbonyl (C=O) groups excluding carboxylic acids is 2. The van der Waals surface area contributed by atoms with Gasteiger partial charge in [-0.1, -0.05) is 29.5 Å². The van der Waals surface area contributed by atoms with Gasteiger partial charge in [-0.2, -0.15) is 9.78 Å². The Balaban J connectivity index is 1.37. The number of methoxy groups -OCH3 is 2. The summed E-state index contributed by atoms with van der Waals surface area (Å²) in [6.45, 7) is -0.310. The van der Waals surface area contributed by atoms with Crippen LogP contribution in [0.15, 0.2) is 71.5 Å². The Morgan fingerprint density at radius 3 is 2.38 bits per heavy atom. The number of rotatable bonds is 7. The van der Waals surface area contributed by atoms with Crippen molar-refractivity contribution >= 4 is 49.3 Å². The monoisotopic (exact) mass is 515 g/mol. The maximum atomic E-state index is 13.1. The molecule has 2 amide bonds. The summed E-state index contributed by atoms with van der Waals surface area (Å²) in [5.74, 6) is 0.264. The van der Waals surface area contributed by atoms with Gasteiger partial charge in [0.1, 0.15) is 11.5 Å². The van der Waals surface area contributed by atoms with Gasteiger partial charge in [0.05, 0.1) is 42.1 Å². The van der Waals surface area contributed by atoms with Crippen molar-refractivity contribution in [3.8, 4) is 17.2 Å². The van der Waals surface area contributed by atoms with E-state index in [1.807, 2.05) is 6.07 Å². The van der Waals surface area contributed by atoms with Gasteiger partial charge in [-0.3, -0.25) is 14.4 Å². The molecule has 0 atom stereocenters. The summed E-state index contributed by atoms with van der Waals surface area (Å²) in [7, 11) is 3.12. The van der Waals surface area contributed by atoms with E-state index in [9.17, 15) is 14.4 Å². The van der Waals surface area contributed by atoms with E-state index in [4.69, 9.17) is 9.47 Å². The third kappa shape index (κ3) is 4.84. The number of nitrogens with zero attached hydrogens (tertiary/aromatic N) is 3. The highest BCUT2D eigenvalue weighted by molar-refractivity contribution is 7.22. The van der Waals surface area contributed by atoms with Crippen LogP contribution >= 0.6 is 11.3 Å². The summed E-state index contributed by atoms with van der Waals surface area (Å²) in [6, 6.07) is 18.9. The molecule has 0 saturated heterocycles. The van der Waals surface area contributed by atoms with Gasteiger partial charge in [0, 0.05) is 5.39 Å². The average Bonchev–Trinajstić information content (AvgIpc) is 3.33. The van der Waals surface area contributed by atoms with E-state index in [0.29, 0.717) is 33.1 Å². The minimum atomic E-state index is -0.595. The van der Waals surface area contributed by atoms with Gasteiger partial charge in [-0.25, -0.2) is 4.98 Å². The average molecular weight is 516 g/mol. The molecule has 0 spiro atoms. The predicted octanol–water partition coefficient (Wildman–Crippen LogP) is 3.38. The number of ether oxygens (including phenoxy) is 2. The number of nitrogens with one attached hydrogen (secondary N) is 2. The zero-order chi connectivity index (χ0) is 25.9. The number of aromatic nitrogens is 3. The summed E-state index contributed by atoms with van der Waals surface area (Å²) in [6.07, 6.45) is 0. The molecule has 0 unspecified atom stereocenters. The van der Waals surface area contributed by atoms with E-state index in [-0.39, 0.29) is 17.8 Å². The van der Waals surface area contributed by atoms with Gasteiger partial charge in [-0.05, 0) is 48.5 Å². The fraction of sp³-hybridized carbons (Fsp3) is 0.115. The highest BCUT2D eigenvalue weighted by Gasteiger charge is 2.18. The summed E-state index contributed by atoms with van der Waals surface area (Å²) < 4.78 is 12.4. The number of hydrogen-bond acceptors (Lipinski definition) is 8. The van der Waals surface area contributed by atoms with Crippen LogP contribution in [0, 0.1) is 0 Å². The van der Waals surface area contributed by atoms with Crippen molar-refractivity contribution in [1.82, 2.24) is 20.1 Å². The van der Waals surface area contributed by atoms with E-state index < -0.39 is 11.8 Å². The molecule has 5 aromatic rings. The second-order valence-corrected chi connectivity index (χ2v) is 8.92. The van der Waals surface area contributed by atoms with Gasteiger partial charge in [0.2, 0.25) is 5.91 Å². The highest BCUT2D eigenvalue weighted by atomic mass is 32.1. The smallest absolute Gasteiger partial charge is 0.279 e. The number of amides is 2. The Morgan fingerprint density at radius 2 is 1.65 bits per heavy atom. The van der Waals surface area contributed by atoms with Gasteiger partial charge in [0.25, 0.3) is 11.5 Å². The molecule has 0 bridgehead atoms. The SMILES string of the molecule is COc1ccc(-n2nc(C(=O)NCC(=O)Nc3nc4ccc(OC)cc4s3)c3ccccc3c2=O)cc1. The molecular weight excluding hydrogens is 494 g/mol. The molecule has 10 nitrogen and oxygen atoms in total. The van der Waals surface area contributed by atoms with Crippen molar-refractivity contribution in [1.29, 1.82) is 0 Å². The lowest BCUT2D eigenvalue weighted by atomic mass is 10.1. The van der Waals surface area contributed by atoms with Gasteiger partial charge >= 0.3 is 0 Å². The maximum absolute atomic E-state index is 13.1. The lowest BCUT2D eigenvalue weighted by molar-refractivity contribution is -0.115. The van der Waals surface area contributed by atoms with Crippen LogP contribution in [0.25, 0.3) is 26.7 Å². The standard InChI is InChI=1S/C26H21N5O5S/c1-35-16-9-7-15(8-10-16)31-25(34)19-6-4-3-5-18(19)23(30-31)24(33)27-14-22(32)29-26-28-20-12-11-17(36-2)13-21(20)37-26/h3-13H,14H2,1-2H3,(H,27,33)(H,28,29,32). The molecule has 186 valence electrons. The van der Waals surface area contributed by atoms with Crippen LogP contribution in [0.4, 0.5) is 5.13 Å². The van der Waals surface area contributed by atoms with Gasteiger partial charge in [-0.15, -0.1) is 0 Å². The van der Waals surface area contributed by atoms with Crippen molar-refractivity contribution in [2.75, 3.05) is 26.1 Å². The first-order valence-electron chi connectivity index (χ1n) is 11.2. The quantitative estimate of drug-likeness (QED) is 0.340. The molecule has 0 aliphatic carbocycles. The van der Waals surface area contributed by atoms with E-state index in [1.165, 1.54) is 11.3 Å². The first-order valence-corrected chi connectivity index (χ1v) is 12.0. The molecule has 3 aromatic carbocycles. The van der Waals surface area contributed by atoms with Crippen LogP contribution in [0.1, 0.15) is 10.5 Å². The lowest BCUT2D eigenvalue weighted by Gasteiger charge is -2.11. The van der Waals surface area contributed by atoms with Crippen molar-refractivity contribution in [2.24, 2.45) is 0 Å². The Kier molecular flexibility index (Phi) is 6.52. The fourth-order valence-corrected chi connectivity index (χ4v) is 4.66. The molecule has 0 saturated carbocycles. The molecule has 11 heteroatoms. The zero-order valence-corrected chi connectivity index (χ0v) is 20.7. The Hall–Kier alpha value is -4.77. The molecule has 0 radical (unpaired) electrons. The molecule has 5 rings (SSSR count). The Morgan fingerprint density at radius 1 is 0.946 bits per heavy atom. The van der Waals surface area contributed by atoms with Gasteiger partial charge in [0.15, 0.2) is 10.8 Å². The fourth-order valence-electron chi connectivity index (χ4n) is 3.75. The van der Waals surface area contributed by atoms with Crippen LogP contribution in [0.5, 0.6) is 11.5 Å². The van der Waals surface area contributed by atoms with E-state index in [0.717, 1.165) is 14.9 Å². The summed E-state index contributed by atoms with van der Waals surface area (Å²) >= 11 is 1.30. The molecule has 0 aliphatic heterocycles. The van der Waals surface area contributed by atoms with Crippen molar-refractivity contribution in [3.63, 3.8) is 0 Å². The summed E-state index contributed by atoms with van der Waals surface area (Å²) in [4.78, 5) is 43.1. The van der Waals surface area contributed by atoms with Crippen molar-refractivity contribution in [3.05, 3.63) is 82.8 Å². The third-order valence-corrected chi connectivity index (χ3v) is 6.52. The number of anilines is 1. The first kappa shape index (κ1) is 23.9. The third-order valence-electron chi connectivity index (χ3n) is 5.59. The molecule has 0 aliphatic rings. The molecule has 2 heterocycles. The minimum absolute atomic E-state index is 0.0194. The van der Waals surface area contributed by atoms with Crippen LogP contribution in [0.3, 0.4) is 0 Å². The number of fused-ring (bicyclic) bond motifs is 2. The van der Waals surface area contributed by atoms with Crippen LogP contribution in [-0.2, 0) is 4.79 Å². The second-order valence-electron chi connectivity index (χ2n) is 7.89. The normalized spacial score (nSPS) is 10.9. The molecular formula is C26H21N5O5S. The Labute approximate surface area is 214 Å². The largest absolute Gasteiger partial charge is 0.497 e. The van der Waals surface area contributed by atoms with Crippen molar-refractivity contribution in [2.45, 2.75) is 0 Å². The maximum Gasteiger partial charge on any atom is 0.279 e. The first-order chi connectivity index (χ1) is 18.0. The molecule has 2 aromatic heterocycles. The van der Waals surface area contributed by atoms with Crippen LogP contribution in [-0.4, -0.2) is 47.3 Å². The zero-order valence-electron chi connectivity index (χ0n) is 19.8. The van der Waals surface area contributed by atoms with E-state index in [1.54, 1.807) is 74.9 Å². The number of benzene rings is 3. The number of hydrogen-bond donors (Lipinski definition) is 2. The lowest BCUT2D eigenvalue weighted by Crippen LogP contribution is -2.35. The topological polar surface area (TPSA) is 124 Å². The molecule has 2 N–H and O–H groups in total. The van der Waals surface area contributed by atoms with E-state index >= 15 is 0 Å². The van der Waals surface area contributed by atoms with Crippen LogP contribution < -0.4 is 25.7 Å². The predicted molar refractivity (Wildman–Crippen MR) is 141 cm³/mol. The summed E-state index contributed by atoms with van der Waals surface area (Å²) in [5.41, 5.74) is 0.839. The molecule has 0 fully saturated rings. The molecule has 37 heavy (non-hydrogen) atoms. The van der Waals surface area contributed by atoms with Gasteiger partial charge < -0.3 is 20.1 Å². The van der Waals surface area contributed by atoms with Crippen LogP contribution in [0.2, 0.25) is 0 Å². The number of thiazole rings is 1.